The Hall–Kier alpha value is 0.130. The van der Waals surface area contributed by atoms with Crippen molar-refractivity contribution in [3.05, 3.63) is 0 Å². The molecule has 0 aliphatic rings. The van der Waals surface area contributed by atoms with E-state index in [9.17, 15) is 0 Å². The Balaban J connectivity index is 0. The van der Waals surface area contributed by atoms with Crippen LogP contribution in [0.25, 0.3) is 0 Å². The topological polar surface area (TPSA) is 0 Å². The SMILES string of the molecule is CC(C)CB(CC(C)C)CC(C)C.CCB(CC)CC. The average molecular weight is 280 g/mol. The van der Waals surface area contributed by atoms with E-state index in [1.807, 2.05) is 0 Å². The highest BCUT2D eigenvalue weighted by Gasteiger charge is 2.17. The predicted octanol–water partition coefficient (Wildman–Crippen LogP) is 6.99. The van der Waals surface area contributed by atoms with E-state index >= 15 is 0 Å². The van der Waals surface area contributed by atoms with Crippen molar-refractivity contribution in [2.45, 2.75) is 100 Å². The minimum Gasteiger partial charge on any atom is -0.0770 e. The fourth-order valence-electron chi connectivity index (χ4n) is 3.15. The van der Waals surface area contributed by atoms with Gasteiger partial charge in [0.15, 0.2) is 0 Å². The summed E-state index contributed by atoms with van der Waals surface area (Å²) < 4.78 is 0. The minimum absolute atomic E-state index is 0.863. The maximum absolute atomic E-state index is 2.34. The highest BCUT2D eigenvalue weighted by molar-refractivity contribution is 6.59. The van der Waals surface area contributed by atoms with Crippen LogP contribution in [0.2, 0.25) is 37.9 Å². The summed E-state index contributed by atoms with van der Waals surface area (Å²) in [6.07, 6.45) is 8.30. The first-order valence-corrected chi connectivity index (χ1v) is 9.26. The Bertz CT molecular complexity index is 155. The van der Waals surface area contributed by atoms with E-state index in [2.05, 4.69) is 62.3 Å². The van der Waals surface area contributed by atoms with E-state index in [0.29, 0.717) is 0 Å². The molecule has 2 heteroatoms. The van der Waals surface area contributed by atoms with Gasteiger partial charge in [0.25, 0.3) is 0 Å². The van der Waals surface area contributed by atoms with Gasteiger partial charge in [0.05, 0.1) is 0 Å². The summed E-state index contributed by atoms with van der Waals surface area (Å²) >= 11 is 0. The van der Waals surface area contributed by atoms with Crippen LogP contribution in [-0.4, -0.2) is 13.4 Å². The van der Waals surface area contributed by atoms with Gasteiger partial charge < -0.3 is 0 Å². The highest BCUT2D eigenvalue weighted by atomic mass is 14.0. The van der Waals surface area contributed by atoms with Gasteiger partial charge in [-0.2, -0.15) is 0 Å². The van der Waals surface area contributed by atoms with Crippen molar-refractivity contribution in [1.82, 2.24) is 0 Å². The molecule has 0 spiro atoms. The molecular formula is C18H42B2. The summed E-state index contributed by atoms with van der Waals surface area (Å²) in [5.74, 6) is 2.59. The molecule has 0 saturated heterocycles. The summed E-state index contributed by atoms with van der Waals surface area (Å²) in [6.45, 7) is 22.8. The molecule has 0 aromatic heterocycles. The van der Waals surface area contributed by atoms with Crippen molar-refractivity contribution in [1.29, 1.82) is 0 Å². The summed E-state index contributed by atoms with van der Waals surface area (Å²) in [5.41, 5.74) is 0. The molecule has 0 aromatic carbocycles. The summed E-state index contributed by atoms with van der Waals surface area (Å²) in [7, 11) is 0. The van der Waals surface area contributed by atoms with Crippen LogP contribution < -0.4 is 0 Å². The second kappa shape index (κ2) is 14.1. The Morgan fingerprint density at radius 3 is 0.850 bits per heavy atom. The molecule has 0 aromatic rings. The van der Waals surface area contributed by atoms with E-state index in [1.54, 1.807) is 0 Å². The molecule has 0 unspecified atom stereocenters. The molecule has 120 valence electrons. The lowest BCUT2D eigenvalue weighted by atomic mass is 9.38. The molecule has 0 fully saturated rings. The molecule has 0 rings (SSSR count). The standard InChI is InChI=1S/C12H27B.C6H15B/c1-10(2)7-13(8-11(3)4)9-12(5)6;1-4-7(5-2)6-3/h10-12H,7-9H2,1-6H3;4-6H2,1-3H3. The molecule has 0 radical (unpaired) electrons. The Morgan fingerprint density at radius 1 is 0.500 bits per heavy atom. The van der Waals surface area contributed by atoms with E-state index in [-0.39, 0.29) is 0 Å². The van der Waals surface area contributed by atoms with Gasteiger partial charge in [-0.3, -0.25) is 0 Å². The van der Waals surface area contributed by atoms with Gasteiger partial charge in [-0.25, -0.2) is 0 Å². The zero-order chi connectivity index (χ0) is 16.1. The summed E-state index contributed by atoms with van der Waals surface area (Å²) in [6, 6.07) is 0. The molecular weight excluding hydrogens is 238 g/mol. The third-order valence-electron chi connectivity index (χ3n) is 4.15. The molecule has 0 amide bonds. The largest absolute Gasteiger partial charge is 0.140 e. The van der Waals surface area contributed by atoms with Crippen molar-refractivity contribution >= 4 is 13.4 Å². The zero-order valence-electron chi connectivity index (χ0n) is 16.1. The second-order valence-corrected chi connectivity index (χ2v) is 7.85. The quantitative estimate of drug-likeness (QED) is 0.399. The van der Waals surface area contributed by atoms with Crippen LogP contribution in [-0.2, 0) is 0 Å². The lowest BCUT2D eigenvalue weighted by Crippen LogP contribution is -2.19. The normalized spacial score (nSPS) is 10.8. The fourth-order valence-corrected chi connectivity index (χ4v) is 3.15. The monoisotopic (exact) mass is 280 g/mol. The van der Waals surface area contributed by atoms with E-state index in [0.717, 1.165) is 31.2 Å². The van der Waals surface area contributed by atoms with Gasteiger partial charge in [0, 0.05) is 0 Å². The predicted molar refractivity (Wildman–Crippen MR) is 102 cm³/mol. The highest BCUT2D eigenvalue weighted by Crippen LogP contribution is 2.21. The molecule has 0 heterocycles. The molecule has 20 heavy (non-hydrogen) atoms. The number of hydrogen-bond acceptors (Lipinski definition) is 0. The fraction of sp³-hybridized carbons (Fsp3) is 1.00. The molecule has 0 aliphatic heterocycles. The summed E-state index contributed by atoms with van der Waals surface area (Å²) in [4.78, 5) is 0. The van der Waals surface area contributed by atoms with Crippen LogP contribution in [0.1, 0.15) is 62.3 Å². The van der Waals surface area contributed by atoms with Gasteiger partial charge >= 0.3 is 0 Å². The lowest BCUT2D eigenvalue weighted by molar-refractivity contribution is 0.659. The first-order chi connectivity index (χ1) is 9.26. The van der Waals surface area contributed by atoms with Crippen LogP contribution in [0.5, 0.6) is 0 Å². The zero-order valence-corrected chi connectivity index (χ0v) is 16.1. The molecule has 0 saturated carbocycles. The second-order valence-electron chi connectivity index (χ2n) is 7.85. The molecule has 0 nitrogen and oxygen atoms in total. The molecule has 0 N–H and O–H groups in total. The molecule has 0 aliphatic carbocycles. The van der Waals surface area contributed by atoms with Gasteiger partial charge in [0.1, 0.15) is 13.4 Å². The summed E-state index contributed by atoms with van der Waals surface area (Å²) in [5, 5.41) is 0. The van der Waals surface area contributed by atoms with Crippen LogP contribution in [0.15, 0.2) is 0 Å². The van der Waals surface area contributed by atoms with Crippen molar-refractivity contribution in [3.63, 3.8) is 0 Å². The van der Waals surface area contributed by atoms with Crippen molar-refractivity contribution < 1.29 is 0 Å². The third-order valence-corrected chi connectivity index (χ3v) is 4.15. The Kier molecular flexibility index (Phi) is 15.8. The van der Waals surface area contributed by atoms with Crippen LogP contribution in [0, 0.1) is 17.8 Å². The first kappa shape index (κ1) is 22.4. The smallest absolute Gasteiger partial charge is 0.0770 e. The van der Waals surface area contributed by atoms with Crippen LogP contribution >= 0.6 is 0 Å². The maximum atomic E-state index is 2.34. The third kappa shape index (κ3) is 16.2. The number of rotatable bonds is 9. The van der Waals surface area contributed by atoms with Crippen molar-refractivity contribution in [2.75, 3.05) is 0 Å². The van der Waals surface area contributed by atoms with E-state index in [1.165, 1.54) is 37.9 Å². The van der Waals surface area contributed by atoms with Crippen molar-refractivity contribution in [3.8, 4) is 0 Å². The van der Waals surface area contributed by atoms with Crippen molar-refractivity contribution in [2.24, 2.45) is 17.8 Å². The van der Waals surface area contributed by atoms with E-state index in [4.69, 9.17) is 0 Å². The van der Waals surface area contributed by atoms with Gasteiger partial charge in [-0.05, 0) is 0 Å². The van der Waals surface area contributed by atoms with Gasteiger partial charge in [-0.1, -0.05) is 118 Å². The Morgan fingerprint density at radius 2 is 0.750 bits per heavy atom. The van der Waals surface area contributed by atoms with E-state index < -0.39 is 0 Å². The number of hydrogen-bond donors (Lipinski definition) is 0. The molecule has 0 atom stereocenters. The van der Waals surface area contributed by atoms with Gasteiger partial charge in [-0.15, -0.1) is 0 Å². The van der Waals surface area contributed by atoms with Crippen LogP contribution in [0.3, 0.4) is 0 Å². The lowest BCUT2D eigenvalue weighted by Gasteiger charge is -2.19. The van der Waals surface area contributed by atoms with Gasteiger partial charge in [0.2, 0.25) is 0 Å². The minimum atomic E-state index is 0.863. The Labute approximate surface area is 132 Å². The average Bonchev–Trinajstić information content (AvgIpc) is 2.29. The van der Waals surface area contributed by atoms with Crippen LogP contribution in [0.4, 0.5) is 0 Å². The molecule has 0 bridgehead atoms. The first-order valence-electron chi connectivity index (χ1n) is 9.26. The maximum Gasteiger partial charge on any atom is 0.140 e.